The highest BCUT2D eigenvalue weighted by atomic mass is 16.6. The summed E-state index contributed by atoms with van der Waals surface area (Å²) in [6.45, 7) is 6.38. The van der Waals surface area contributed by atoms with E-state index in [9.17, 15) is 15.2 Å². The maximum atomic E-state index is 12.8. The van der Waals surface area contributed by atoms with Crippen molar-refractivity contribution in [2.45, 2.75) is 82.5 Å². The van der Waals surface area contributed by atoms with Crippen molar-refractivity contribution >= 4 is 5.78 Å². The predicted octanol–water partition coefficient (Wildman–Crippen LogP) is 3.23. The number of hydrogen-bond donors (Lipinski definition) is 1. The minimum atomic E-state index is -0.999. The molecule has 5 aliphatic rings. The van der Waals surface area contributed by atoms with E-state index in [1.54, 1.807) is 0 Å². The number of nitrogens with zero attached hydrogens (tertiary/aromatic N) is 1. The van der Waals surface area contributed by atoms with Gasteiger partial charge in [-0.05, 0) is 69.6 Å². The van der Waals surface area contributed by atoms with E-state index < -0.39 is 17.1 Å². The van der Waals surface area contributed by atoms with E-state index in [0.717, 1.165) is 32.1 Å². The van der Waals surface area contributed by atoms with E-state index in [1.807, 2.05) is 6.92 Å². The van der Waals surface area contributed by atoms with Crippen LogP contribution in [0.4, 0.5) is 0 Å². The summed E-state index contributed by atoms with van der Waals surface area (Å²) < 4.78 is 6.27. The molecule has 3 unspecified atom stereocenters. The topological polar surface area (TPSA) is 73.6 Å². The Morgan fingerprint density at radius 3 is 2.44 bits per heavy atom. The van der Waals surface area contributed by atoms with Gasteiger partial charge < -0.3 is 9.84 Å². The molecule has 0 aromatic carbocycles. The molecule has 0 aromatic heterocycles. The van der Waals surface area contributed by atoms with E-state index in [2.05, 4.69) is 25.8 Å². The molecule has 1 spiro atoms. The molecule has 4 aliphatic carbocycles. The second-order valence-electron chi connectivity index (χ2n) is 10.5. The third kappa shape index (κ3) is 1.64. The van der Waals surface area contributed by atoms with Crippen LogP contribution in [0.5, 0.6) is 0 Å². The van der Waals surface area contributed by atoms with Crippen molar-refractivity contribution in [2.24, 2.45) is 34.5 Å². The summed E-state index contributed by atoms with van der Waals surface area (Å²) in [6, 6.07) is 2.27. The molecule has 4 heteroatoms. The van der Waals surface area contributed by atoms with Crippen molar-refractivity contribution < 1.29 is 14.6 Å². The molecule has 4 nitrogen and oxygen atoms in total. The summed E-state index contributed by atoms with van der Waals surface area (Å²) in [5.41, 5.74) is -2.55. The summed E-state index contributed by atoms with van der Waals surface area (Å²) in [6.07, 6.45) is 11.8. The molecule has 5 fully saturated rings. The van der Waals surface area contributed by atoms with Crippen LogP contribution in [0.15, 0.2) is 0 Å². The SMILES string of the molecule is C#C[C@@]1(O)CC[C@H]2[C@@H]3CCC45OC4(C)C(=O)C(C#N)C[C@]5(C)[C@H]3CC[C@@]21C. The maximum Gasteiger partial charge on any atom is 0.184 e. The Morgan fingerprint density at radius 1 is 1.11 bits per heavy atom. The normalized spacial score (nSPS) is 60.9. The van der Waals surface area contributed by atoms with E-state index in [-0.39, 0.29) is 22.2 Å². The van der Waals surface area contributed by atoms with Crippen LogP contribution in [0.25, 0.3) is 0 Å². The molecule has 5 rings (SSSR count). The molecule has 1 aliphatic heterocycles. The third-order valence-corrected chi connectivity index (χ3v) is 10.1. The molecule has 27 heavy (non-hydrogen) atoms. The number of aliphatic hydroxyl groups is 1. The fraction of sp³-hybridized carbons (Fsp3) is 0.826. The average molecular weight is 367 g/mol. The number of carbonyl (C=O) groups excluding carboxylic acids is 1. The molecule has 1 saturated heterocycles. The van der Waals surface area contributed by atoms with Crippen molar-refractivity contribution in [3.63, 3.8) is 0 Å². The van der Waals surface area contributed by atoms with Gasteiger partial charge in [-0.1, -0.05) is 19.8 Å². The molecule has 144 valence electrons. The van der Waals surface area contributed by atoms with Gasteiger partial charge in [0.2, 0.25) is 0 Å². The zero-order valence-electron chi connectivity index (χ0n) is 16.5. The van der Waals surface area contributed by atoms with Crippen LogP contribution in [0.1, 0.15) is 65.7 Å². The van der Waals surface area contributed by atoms with E-state index in [4.69, 9.17) is 11.2 Å². The second-order valence-corrected chi connectivity index (χ2v) is 10.5. The Labute approximate surface area is 161 Å². The number of terminal acetylenes is 1. The molecular weight excluding hydrogens is 338 g/mol. The van der Waals surface area contributed by atoms with E-state index in [0.29, 0.717) is 30.6 Å². The first-order valence-corrected chi connectivity index (χ1v) is 10.5. The van der Waals surface area contributed by atoms with Crippen molar-refractivity contribution in [3.05, 3.63) is 0 Å². The lowest BCUT2D eigenvalue weighted by atomic mass is 9.42. The molecule has 1 N–H and O–H groups in total. The van der Waals surface area contributed by atoms with Crippen molar-refractivity contribution in [1.29, 1.82) is 5.26 Å². The Morgan fingerprint density at radius 2 is 1.78 bits per heavy atom. The van der Waals surface area contributed by atoms with Gasteiger partial charge in [-0.25, -0.2) is 0 Å². The van der Waals surface area contributed by atoms with Crippen LogP contribution in [-0.4, -0.2) is 27.7 Å². The zero-order chi connectivity index (χ0) is 19.5. The molecular formula is C23H29NO3. The molecule has 0 amide bonds. The quantitative estimate of drug-likeness (QED) is 0.527. The van der Waals surface area contributed by atoms with Crippen molar-refractivity contribution in [2.75, 3.05) is 0 Å². The summed E-state index contributed by atoms with van der Waals surface area (Å²) in [4.78, 5) is 12.8. The van der Waals surface area contributed by atoms with Gasteiger partial charge in [-0.3, -0.25) is 4.79 Å². The summed E-state index contributed by atoms with van der Waals surface area (Å²) in [5.74, 6) is 3.48. The number of ether oxygens (including phenoxy) is 1. The van der Waals surface area contributed by atoms with Gasteiger partial charge in [0.1, 0.15) is 17.1 Å². The summed E-state index contributed by atoms with van der Waals surface area (Å²) in [5, 5.41) is 20.7. The highest BCUT2D eigenvalue weighted by Gasteiger charge is 2.84. The number of epoxide rings is 1. The lowest BCUT2D eigenvalue weighted by Gasteiger charge is -2.60. The fourth-order valence-corrected chi connectivity index (χ4v) is 8.48. The Balaban J connectivity index is 1.55. The molecule has 1 heterocycles. The van der Waals surface area contributed by atoms with Crippen LogP contribution < -0.4 is 0 Å². The van der Waals surface area contributed by atoms with Crippen molar-refractivity contribution in [1.82, 2.24) is 0 Å². The number of nitriles is 1. The minimum Gasteiger partial charge on any atom is -0.377 e. The Bertz CT molecular complexity index is 824. The smallest absolute Gasteiger partial charge is 0.184 e. The van der Waals surface area contributed by atoms with Crippen LogP contribution in [0.2, 0.25) is 0 Å². The van der Waals surface area contributed by atoms with Crippen molar-refractivity contribution in [3.8, 4) is 18.4 Å². The molecule has 0 bridgehead atoms. The molecule has 4 saturated carbocycles. The third-order valence-electron chi connectivity index (χ3n) is 10.1. The van der Waals surface area contributed by atoms with Gasteiger partial charge in [0.05, 0.1) is 6.07 Å². The van der Waals surface area contributed by atoms with Crippen LogP contribution in [0, 0.1) is 58.2 Å². The summed E-state index contributed by atoms with van der Waals surface area (Å²) in [7, 11) is 0. The lowest BCUT2D eigenvalue weighted by molar-refractivity contribution is -0.147. The number of hydrogen-bond acceptors (Lipinski definition) is 4. The van der Waals surface area contributed by atoms with Gasteiger partial charge in [0, 0.05) is 10.8 Å². The number of ketones is 1. The molecule has 9 atom stereocenters. The zero-order valence-corrected chi connectivity index (χ0v) is 16.5. The van der Waals surface area contributed by atoms with Crippen LogP contribution in [0.3, 0.4) is 0 Å². The first-order valence-electron chi connectivity index (χ1n) is 10.5. The van der Waals surface area contributed by atoms with Gasteiger partial charge in [0.25, 0.3) is 0 Å². The van der Waals surface area contributed by atoms with Crippen LogP contribution >= 0.6 is 0 Å². The molecule has 0 radical (unpaired) electrons. The minimum absolute atomic E-state index is 0.0100. The number of fused-ring (bicyclic) bond motifs is 4. The highest BCUT2D eigenvalue weighted by molar-refractivity contribution is 5.96. The fourth-order valence-electron chi connectivity index (χ4n) is 8.48. The maximum absolute atomic E-state index is 12.8. The van der Waals surface area contributed by atoms with Gasteiger partial charge >= 0.3 is 0 Å². The van der Waals surface area contributed by atoms with Gasteiger partial charge in [0.15, 0.2) is 11.4 Å². The Kier molecular flexibility index (Phi) is 3.14. The summed E-state index contributed by atoms with van der Waals surface area (Å²) >= 11 is 0. The Hall–Kier alpha value is -1.36. The van der Waals surface area contributed by atoms with E-state index in [1.165, 1.54) is 0 Å². The second kappa shape index (κ2) is 4.79. The number of rotatable bonds is 0. The molecule has 0 aromatic rings. The first kappa shape index (κ1) is 17.7. The van der Waals surface area contributed by atoms with E-state index >= 15 is 0 Å². The van der Waals surface area contributed by atoms with Gasteiger partial charge in [-0.2, -0.15) is 5.26 Å². The average Bonchev–Trinajstić information content (AvgIpc) is 3.19. The lowest BCUT2D eigenvalue weighted by Crippen LogP contribution is -2.62. The first-order chi connectivity index (χ1) is 12.6. The monoisotopic (exact) mass is 367 g/mol. The predicted molar refractivity (Wildman–Crippen MR) is 99.1 cm³/mol. The largest absolute Gasteiger partial charge is 0.377 e. The van der Waals surface area contributed by atoms with Gasteiger partial charge in [-0.15, -0.1) is 6.42 Å². The highest BCUT2D eigenvalue weighted by Crippen LogP contribution is 2.76. The standard InChI is InChI=1S/C23H29NO3/c1-5-22(26)10-8-16-15-6-11-23-20(3,17(15)7-9-19(16,22)2)12-14(13-24)18(25)21(23,4)27-23/h1,14-17,26H,6-12H2,2-4H3/t14?,15-,16-,17-,19-,20+,21?,22+,23?/m0/s1. The van der Waals surface area contributed by atoms with Crippen LogP contribution in [-0.2, 0) is 9.53 Å². The number of Topliss-reactive ketones (excluding diaryl/α,β-unsaturated/α-hetero) is 1. The number of carbonyl (C=O) groups is 1.